The van der Waals surface area contributed by atoms with E-state index in [0.717, 1.165) is 21.7 Å². The number of amidine groups is 1. The molecule has 0 fully saturated rings. The Hall–Kier alpha value is -2.68. The van der Waals surface area contributed by atoms with E-state index in [1.807, 2.05) is 19.1 Å². The zero-order chi connectivity index (χ0) is 21.0. The molecule has 3 aromatic rings. The number of nitrogens with one attached hydrogen (secondary N) is 4. The van der Waals surface area contributed by atoms with Crippen molar-refractivity contribution in [2.45, 2.75) is 26.5 Å². The van der Waals surface area contributed by atoms with E-state index in [-0.39, 0.29) is 12.5 Å². The average molecular weight is 432 g/mol. The van der Waals surface area contributed by atoms with Gasteiger partial charge >= 0.3 is 0 Å². The van der Waals surface area contributed by atoms with Crippen molar-refractivity contribution in [1.29, 1.82) is 5.41 Å². The van der Waals surface area contributed by atoms with Crippen molar-refractivity contribution in [3.05, 3.63) is 62.8 Å². The van der Waals surface area contributed by atoms with Crippen molar-refractivity contribution in [2.24, 2.45) is 0 Å². The average Bonchev–Trinajstić information content (AvgIpc) is 3.32. The molecule has 0 bridgehead atoms. The van der Waals surface area contributed by atoms with Gasteiger partial charge in [0.2, 0.25) is 0 Å². The number of carbonyl (C=O) groups excluding carboxylic acids is 1. The van der Waals surface area contributed by atoms with E-state index in [4.69, 9.17) is 17.0 Å². The van der Waals surface area contributed by atoms with Crippen molar-refractivity contribution in [3.8, 4) is 11.1 Å². The number of hydrogen-bond donors (Lipinski definition) is 5. The molecular formula is C20H22ClN5O2S. The van der Waals surface area contributed by atoms with Crippen LogP contribution in [0.15, 0.2) is 36.5 Å². The fourth-order valence-electron chi connectivity index (χ4n) is 2.77. The molecule has 1 aromatic carbocycles. The molecule has 29 heavy (non-hydrogen) atoms. The second kappa shape index (κ2) is 9.21. The van der Waals surface area contributed by atoms with Crippen LogP contribution >= 0.6 is 22.9 Å². The zero-order valence-electron chi connectivity index (χ0n) is 16.0. The van der Waals surface area contributed by atoms with Gasteiger partial charge in [0, 0.05) is 17.8 Å². The van der Waals surface area contributed by atoms with Gasteiger partial charge in [-0.05, 0) is 43.2 Å². The maximum atomic E-state index is 12.8. The number of benzene rings is 1. The van der Waals surface area contributed by atoms with Crippen LogP contribution < -0.4 is 10.6 Å². The second-order valence-corrected chi connectivity index (χ2v) is 8.11. The highest BCUT2D eigenvalue weighted by Crippen LogP contribution is 2.25. The molecule has 1 amide bonds. The first-order chi connectivity index (χ1) is 13.9. The van der Waals surface area contributed by atoms with E-state index in [2.05, 4.69) is 20.6 Å². The maximum Gasteiger partial charge on any atom is 0.268 e. The Morgan fingerprint density at radius 3 is 2.69 bits per heavy atom. The van der Waals surface area contributed by atoms with E-state index in [0.29, 0.717) is 28.1 Å². The number of aromatic amines is 1. The van der Waals surface area contributed by atoms with Crippen LogP contribution in [-0.2, 0) is 6.61 Å². The molecule has 1 atom stereocenters. The van der Waals surface area contributed by atoms with Crippen LogP contribution in [0.2, 0.25) is 5.02 Å². The molecule has 2 heterocycles. The number of thiazole rings is 1. The van der Waals surface area contributed by atoms with Gasteiger partial charge in [0.25, 0.3) is 5.91 Å². The molecule has 0 aliphatic heterocycles. The molecule has 3 rings (SSSR count). The third-order valence-electron chi connectivity index (χ3n) is 4.33. The number of hydrogen-bond acceptors (Lipinski definition) is 5. The van der Waals surface area contributed by atoms with Crippen LogP contribution in [0.5, 0.6) is 0 Å². The van der Waals surface area contributed by atoms with Crippen LogP contribution in [0.3, 0.4) is 0 Å². The number of nitrogens with zero attached hydrogens (tertiary/aromatic N) is 1. The standard InChI is InChI=1S/C20H22ClN5O2S/c1-11-18(10-27)29-20(25-11)17(9-23-12(2)22)26-19(28)16-7-14(8-24-16)13-3-5-15(21)6-4-13/h3-8,17,24,27H,9-10H2,1-2H3,(H2,22,23)(H,26,28). The first kappa shape index (κ1) is 21.0. The Labute approximate surface area is 177 Å². The first-order valence-electron chi connectivity index (χ1n) is 8.98. The van der Waals surface area contributed by atoms with E-state index < -0.39 is 6.04 Å². The van der Waals surface area contributed by atoms with Crippen LogP contribution in [0.4, 0.5) is 0 Å². The van der Waals surface area contributed by atoms with Crippen molar-refractivity contribution in [3.63, 3.8) is 0 Å². The quantitative estimate of drug-likeness (QED) is 0.290. The second-order valence-electron chi connectivity index (χ2n) is 6.56. The lowest BCUT2D eigenvalue weighted by atomic mass is 10.1. The summed E-state index contributed by atoms with van der Waals surface area (Å²) in [6.45, 7) is 3.68. The lowest BCUT2D eigenvalue weighted by molar-refractivity contribution is 0.0932. The summed E-state index contributed by atoms with van der Waals surface area (Å²) in [6, 6.07) is 8.72. The van der Waals surface area contributed by atoms with Gasteiger partial charge in [-0.15, -0.1) is 11.3 Å². The van der Waals surface area contributed by atoms with Crippen molar-refractivity contribution in [2.75, 3.05) is 6.54 Å². The molecule has 0 saturated heterocycles. The molecule has 7 nitrogen and oxygen atoms in total. The van der Waals surface area contributed by atoms with Gasteiger partial charge in [-0.2, -0.15) is 0 Å². The van der Waals surface area contributed by atoms with Gasteiger partial charge in [-0.3, -0.25) is 10.2 Å². The number of aliphatic hydroxyl groups is 1. The number of rotatable bonds is 7. The molecule has 0 aliphatic carbocycles. The number of aromatic nitrogens is 2. The molecule has 0 radical (unpaired) electrons. The third kappa shape index (κ3) is 5.23. The Balaban J connectivity index is 1.78. The molecular weight excluding hydrogens is 410 g/mol. The summed E-state index contributed by atoms with van der Waals surface area (Å²) in [6.07, 6.45) is 1.77. The smallest absolute Gasteiger partial charge is 0.268 e. The minimum atomic E-state index is -0.436. The van der Waals surface area contributed by atoms with Gasteiger partial charge in [-0.1, -0.05) is 23.7 Å². The minimum absolute atomic E-state index is 0.0950. The van der Waals surface area contributed by atoms with Gasteiger partial charge in [0.15, 0.2) is 0 Å². The van der Waals surface area contributed by atoms with Crippen molar-refractivity contribution in [1.82, 2.24) is 20.6 Å². The summed E-state index contributed by atoms with van der Waals surface area (Å²) in [5, 5.41) is 24.3. The monoisotopic (exact) mass is 431 g/mol. The molecule has 9 heteroatoms. The number of carbonyl (C=O) groups is 1. The Kier molecular flexibility index (Phi) is 6.68. The van der Waals surface area contributed by atoms with E-state index in [1.54, 1.807) is 31.3 Å². The Morgan fingerprint density at radius 1 is 1.34 bits per heavy atom. The number of amides is 1. The Bertz CT molecular complexity index is 1010. The maximum absolute atomic E-state index is 12.8. The molecule has 5 N–H and O–H groups in total. The van der Waals surface area contributed by atoms with Gasteiger partial charge in [0.05, 0.1) is 29.1 Å². The lowest BCUT2D eigenvalue weighted by Crippen LogP contribution is -2.37. The number of aryl methyl sites for hydroxylation is 1. The summed E-state index contributed by atoms with van der Waals surface area (Å²) in [7, 11) is 0. The van der Waals surface area contributed by atoms with E-state index >= 15 is 0 Å². The summed E-state index contributed by atoms with van der Waals surface area (Å²) >= 11 is 7.28. The summed E-state index contributed by atoms with van der Waals surface area (Å²) in [4.78, 5) is 21.1. The SMILES string of the molecule is CC(=N)NCC(NC(=O)c1cc(-c2ccc(Cl)cc2)c[nH]1)c1nc(C)c(CO)s1. The molecule has 0 saturated carbocycles. The molecule has 2 aromatic heterocycles. The summed E-state index contributed by atoms with van der Waals surface area (Å²) < 4.78 is 0. The Morgan fingerprint density at radius 2 is 2.07 bits per heavy atom. The van der Waals surface area contributed by atoms with Crippen LogP contribution in [0.25, 0.3) is 11.1 Å². The van der Waals surface area contributed by atoms with Crippen molar-refractivity contribution >= 4 is 34.7 Å². The summed E-state index contributed by atoms with van der Waals surface area (Å²) in [5.74, 6) is 0.0165. The van der Waals surface area contributed by atoms with Gasteiger partial charge in [-0.25, -0.2) is 4.98 Å². The first-order valence-corrected chi connectivity index (χ1v) is 10.2. The predicted molar refractivity (Wildman–Crippen MR) is 116 cm³/mol. The lowest BCUT2D eigenvalue weighted by Gasteiger charge is -2.17. The molecule has 152 valence electrons. The topological polar surface area (TPSA) is 114 Å². The van der Waals surface area contributed by atoms with Gasteiger partial charge in [0.1, 0.15) is 10.7 Å². The summed E-state index contributed by atoms with van der Waals surface area (Å²) in [5.41, 5.74) is 2.99. The molecule has 0 aliphatic rings. The largest absolute Gasteiger partial charge is 0.391 e. The fourth-order valence-corrected chi connectivity index (χ4v) is 3.88. The highest BCUT2D eigenvalue weighted by atomic mass is 35.5. The predicted octanol–water partition coefficient (Wildman–Crippen LogP) is 3.65. The molecule has 0 spiro atoms. The highest BCUT2D eigenvalue weighted by Gasteiger charge is 2.21. The fraction of sp³-hybridized carbons (Fsp3) is 0.250. The third-order valence-corrected chi connectivity index (χ3v) is 5.84. The highest BCUT2D eigenvalue weighted by molar-refractivity contribution is 7.11. The number of halogens is 1. The van der Waals surface area contributed by atoms with Crippen LogP contribution in [0.1, 0.15) is 39.0 Å². The molecule has 1 unspecified atom stereocenters. The van der Waals surface area contributed by atoms with Crippen LogP contribution in [0, 0.1) is 12.3 Å². The normalized spacial score (nSPS) is 11.9. The number of H-pyrrole nitrogens is 1. The van der Waals surface area contributed by atoms with Crippen molar-refractivity contribution < 1.29 is 9.90 Å². The van der Waals surface area contributed by atoms with E-state index in [9.17, 15) is 9.90 Å². The minimum Gasteiger partial charge on any atom is -0.391 e. The number of aliphatic hydroxyl groups excluding tert-OH is 1. The zero-order valence-corrected chi connectivity index (χ0v) is 17.6. The van der Waals surface area contributed by atoms with Gasteiger partial charge < -0.3 is 20.7 Å². The van der Waals surface area contributed by atoms with Crippen LogP contribution in [-0.4, -0.2) is 33.4 Å². The van der Waals surface area contributed by atoms with E-state index in [1.165, 1.54) is 11.3 Å².